The quantitative estimate of drug-likeness (QED) is 0.403. The van der Waals surface area contributed by atoms with Gasteiger partial charge in [-0.3, -0.25) is 9.88 Å². The number of carbonyl (C=O) groups is 1. The van der Waals surface area contributed by atoms with Crippen LogP contribution in [0.1, 0.15) is 55.0 Å². The number of ether oxygens (including phenoxy) is 1. The summed E-state index contributed by atoms with van der Waals surface area (Å²) in [7, 11) is 0. The number of pyridine rings is 1. The summed E-state index contributed by atoms with van der Waals surface area (Å²) in [6, 6.07) is 7.93. The largest absolute Gasteiger partial charge is 0.444 e. The molecule has 0 N–H and O–H groups in total. The van der Waals surface area contributed by atoms with Gasteiger partial charge in [-0.15, -0.1) is 0 Å². The number of halogens is 2. The molecular weight excluding hydrogens is 509 g/mol. The Bertz CT molecular complexity index is 1350. The van der Waals surface area contributed by atoms with Gasteiger partial charge in [0.05, 0.1) is 16.8 Å². The maximum atomic E-state index is 12.7. The average molecular weight is 540 g/mol. The van der Waals surface area contributed by atoms with Crippen LogP contribution in [0.15, 0.2) is 42.9 Å². The first-order valence-corrected chi connectivity index (χ1v) is 13.2. The molecule has 1 atom stereocenters. The molecule has 7 nitrogen and oxygen atoms in total. The van der Waals surface area contributed by atoms with Gasteiger partial charge in [-0.2, -0.15) is 0 Å². The predicted octanol–water partition coefficient (Wildman–Crippen LogP) is 6.09. The van der Waals surface area contributed by atoms with Crippen LogP contribution in [0.4, 0.5) is 4.79 Å². The predicted molar refractivity (Wildman–Crippen MR) is 147 cm³/mol. The molecule has 1 aromatic carbocycles. The third-order valence-corrected chi connectivity index (χ3v) is 7.20. The maximum Gasteiger partial charge on any atom is 0.410 e. The number of allylic oxidation sites excluding steroid dienone is 1. The number of carbonyl (C=O) groups excluding carboxylic acids is 1. The van der Waals surface area contributed by atoms with Crippen LogP contribution in [0.25, 0.3) is 11.6 Å². The molecule has 1 saturated heterocycles. The van der Waals surface area contributed by atoms with Crippen LogP contribution in [-0.2, 0) is 11.3 Å². The summed E-state index contributed by atoms with van der Waals surface area (Å²) in [4.78, 5) is 26.1. The molecule has 3 heterocycles. The SMILES string of the molecule is Cc1nccn1CC1=Cc2cc(Cl)cnc2C(N2CCN(C(=O)OC(C)(C)C)CC2)c2ccc(Cl)cc21. The fraction of sp³-hybridized carbons (Fsp3) is 0.393. The molecular formula is C28H31Cl2N5O2. The van der Waals surface area contributed by atoms with Gasteiger partial charge in [0.15, 0.2) is 0 Å². The molecule has 1 aliphatic carbocycles. The summed E-state index contributed by atoms with van der Waals surface area (Å²) in [5.41, 5.74) is 4.72. The Morgan fingerprint density at radius 3 is 2.51 bits per heavy atom. The highest BCUT2D eigenvalue weighted by Crippen LogP contribution is 2.41. The van der Waals surface area contributed by atoms with Crippen molar-refractivity contribution in [3.05, 3.63) is 81.1 Å². The van der Waals surface area contributed by atoms with Crippen molar-refractivity contribution in [2.45, 2.75) is 45.9 Å². The number of hydrogen-bond donors (Lipinski definition) is 0. The number of piperazine rings is 1. The first kappa shape index (κ1) is 25.8. The lowest BCUT2D eigenvalue weighted by Gasteiger charge is -2.40. The zero-order valence-corrected chi connectivity index (χ0v) is 23.1. The van der Waals surface area contributed by atoms with E-state index in [0.29, 0.717) is 42.8 Å². The highest BCUT2D eigenvalue weighted by molar-refractivity contribution is 6.31. The number of aryl methyl sites for hydroxylation is 1. The third kappa shape index (κ3) is 5.54. The van der Waals surface area contributed by atoms with E-state index < -0.39 is 5.60 Å². The zero-order valence-electron chi connectivity index (χ0n) is 21.5. The van der Waals surface area contributed by atoms with Crippen molar-refractivity contribution in [1.29, 1.82) is 0 Å². The van der Waals surface area contributed by atoms with E-state index >= 15 is 0 Å². The number of rotatable bonds is 3. The zero-order chi connectivity index (χ0) is 26.3. The molecule has 1 fully saturated rings. The van der Waals surface area contributed by atoms with Crippen LogP contribution >= 0.6 is 23.2 Å². The third-order valence-electron chi connectivity index (χ3n) is 6.76. The lowest BCUT2D eigenvalue weighted by molar-refractivity contribution is 0.0118. The van der Waals surface area contributed by atoms with Crippen molar-refractivity contribution in [1.82, 2.24) is 24.3 Å². The number of fused-ring (bicyclic) bond motifs is 2. The molecule has 2 aromatic heterocycles. The second-order valence-electron chi connectivity index (χ2n) is 10.5. The Balaban J connectivity index is 1.53. The van der Waals surface area contributed by atoms with Crippen molar-refractivity contribution in [2.24, 2.45) is 0 Å². The second-order valence-corrected chi connectivity index (χ2v) is 11.4. The standard InChI is InChI=1S/C28H31Cl2N5O2/c1-18-31-7-8-35(18)17-20-13-19-14-22(30)16-32-25(19)26(23-6-5-21(29)15-24(20)23)33-9-11-34(12-10-33)27(36)37-28(2,3)4/h5-8,13-16,26H,9-12,17H2,1-4H3. The highest BCUT2D eigenvalue weighted by atomic mass is 35.5. The summed E-state index contributed by atoms with van der Waals surface area (Å²) in [5, 5.41) is 1.27. The molecule has 5 rings (SSSR count). The normalized spacial score (nSPS) is 18.1. The molecule has 0 spiro atoms. The smallest absolute Gasteiger partial charge is 0.410 e. The fourth-order valence-electron chi connectivity index (χ4n) is 5.01. The molecule has 194 valence electrons. The average Bonchev–Trinajstić information content (AvgIpc) is 3.18. The van der Waals surface area contributed by atoms with Crippen molar-refractivity contribution in [3.8, 4) is 0 Å². The van der Waals surface area contributed by atoms with E-state index in [1.807, 2.05) is 58.3 Å². The number of benzene rings is 1. The van der Waals surface area contributed by atoms with Crippen LogP contribution in [0, 0.1) is 6.92 Å². The van der Waals surface area contributed by atoms with E-state index in [-0.39, 0.29) is 12.1 Å². The Morgan fingerprint density at radius 2 is 1.84 bits per heavy atom. The Labute approximate surface area is 227 Å². The summed E-state index contributed by atoms with van der Waals surface area (Å²) in [5.74, 6) is 0.938. The first-order valence-electron chi connectivity index (χ1n) is 12.4. The van der Waals surface area contributed by atoms with Gasteiger partial charge in [0.1, 0.15) is 11.4 Å². The molecule has 0 radical (unpaired) electrons. The Kier molecular flexibility index (Phi) is 7.05. The van der Waals surface area contributed by atoms with E-state index in [4.69, 9.17) is 32.9 Å². The molecule has 0 bridgehead atoms. The number of imidazole rings is 1. The molecule has 3 aromatic rings. The Morgan fingerprint density at radius 1 is 1.08 bits per heavy atom. The summed E-state index contributed by atoms with van der Waals surface area (Å²) in [6.45, 7) is 10.8. The van der Waals surface area contributed by atoms with E-state index in [1.54, 1.807) is 11.1 Å². The van der Waals surface area contributed by atoms with Crippen molar-refractivity contribution >= 4 is 40.9 Å². The van der Waals surface area contributed by atoms with Crippen molar-refractivity contribution in [2.75, 3.05) is 26.2 Å². The highest BCUT2D eigenvalue weighted by Gasteiger charge is 2.34. The fourth-order valence-corrected chi connectivity index (χ4v) is 5.35. The summed E-state index contributed by atoms with van der Waals surface area (Å²) in [6.07, 6.45) is 7.39. The number of hydrogen-bond acceptors (Lipinski definition) is 5. The molecule has 1 unspecified atom stereocenters. The minimum absolute atomic E-state index is 0.113. The van der Waals surface area contributed by atoms with Crippen LogP contribution in [-0.4, -0.2) is 62.2 Å². The van der Waals surface area contributed by atoms with E-state index in [1.165, 1.54) is 0 Å². The number of aromatic nitrogens is 3. The topological polar surface area (TPSA) is 63.5 Å². The van der Waals surface area contributed by atoms with E-state index in [2.05, 4.69) is 26.6 Å². The molecule has 1 aliphatic heterocycles. The van der Waals surface area contributed by atoms with Gasteiger partial charge in [0.2, 0.25) is 0 Å². The molecule has 37 heavy (non-hydrogen) atoms. The summed E-state index contributed by atoms with van der Waals surface area (Å²) >= 11 is 13.0. The van der Waals surface area contributed by atoms with Crippen LogP contribution in [0.5, 0.6) is 0 Å². The van der Waals surface area contributed by atoms with E-state index in [0.717, 1.165) is 33.8 Å². The van der Waals surface area contributed by atoms with Gasteiger partial charge >= 0.3 is 6.09 Å². The van der Waals surface area contributed by atoms with E-state index in [9.17, 15) is 4.79 Å². The van der Waals surface area contributed by atoms with Gasteiger partial charge in [-0.1, -0.05) is 29.3 Å². The molecule has 0 saturated carbocycles. The minimum atomic E-state index is -0.522. The van der Waals surface area contributed by atoms with Gasteiger partial charge in [-0.25, -0.2) is 9.78 Å². The van der Waals surface area contributed by atoms with Gasteiger partial charge in [0.25, 0.3) is 0 Å². The lowest BCUT2D eigenvalue weighted by atomic mass is 9.93. The molecule has 1 amide bonds. The number of nitrogens with zero attached hydrogens (tertiary/aromatic N) is 5. The monoisotopic (exact) mass is 539 g/mol. The van der Waals surface area contributed by atoms with Crippen molar-refractivity contribution < 1.29 is 9.53 Å². The van der Waals surface area contributed by atoms with Crippen LogP contribution in [0.2, 0.25) is 10.0 Å². The van der Waals surface area contributed by atoms with Crippen LogP contribution < -0.4 is 0 Å². The van der Waals surface area contributed by atoms with Gasteiger partial charge < -0.3 is 14.2 Å². The maximum absolute atomic E-state index is 12.7. The minimum Gasteiger partial charge on any atom is -0.444 e. The van der Waals surface area contributed by atoms with Gasteiger partial charge in [0, 0.05) is 56.3 Å². The lowest BCUT2D eigenvalue weighted by Crippen LogP contribution is -2.51. The molecule has 2 aliphatic rings. The molecule has 9 heteroatoms. The second kappa shape index (κ2) is 10.1. The van der Waals surface area contributed by atoms with Gasteiger partial charge in [-0.05, 0) is 74.2 Å². The Hall–Kier alpha value is -2.87. The number of amides is 1. The first-order chi connectivity index (χ1) is 17.6. The van der Waals surface area contributed by atoms with Crippen LogP contribution in [0.3, 0.4) is 0 Å². The van der Waals surface area contributed by atoms with Crippen molar-refractivity contribution in [3.63, 3.8) is 0 Å². The summed E-state index contributed by atoms with van der Waals surface area (Å²) < 4.78 is 7.72.